The van der Waals surface area contributed by atoms with Gasteiger partial charge in [-0.3, -0.25) is 0 Å². The minimum atomic E-state index is -3.52. The van der Waals surface area contributed by atoms with Gasteiger partial charge in [0, 0.05) is 6.04 Å². The molecule has 4 rings (SSSR count). The second-order valence-electron chi connectivity index (χ2n) is 5.54. The fourth-order valence-electron chi connectivity index (χ4n) is 4.04. The number of nitrogens with zero attached hydrogens (tertiary/aromatic N) is 2. The standard InChI is InChI=1S/C10H14N4O2S2/c11-9-12-13-10(17-9)18(15,16)14-8-6-4-1-2-5(3-4)7(6)8/h4-8,14H,1-3H2,(H2,11,12). The second-order valence-corrected chi connectivity index (χ2v) is 8.44. The molecule has 0 spiro atoms. The quantitative estimate of drug-likeness (QED) is 0.840. The molecule has 0 amide bonds. The van der Waals surface area contributed by atoms with Crippen molar-refractivity contribution in [3.63, 3.8) is 0 Å². The molecular weight excluding hydrogens is 272 g/mol. The molecule has 1 aromatic heterocycles. The molecule has 98 valence electrons. The summed E-state index contributed by atoms with van der Waals surface area (Å²) in [5, 5.41) is 7.35. The van der Waals surface area contributed by atoms with Gasteiger partial charge >= 0.3 is 0 Å². The molecule has 0 aliphatic heterocycles. The first-order valence-corrected chi connectivity index (χ1v) is 8.47. The van der Waals surface area contributed by atoms with E-state index in [1.165, 1.54) is 19.3 Å². The van der Waals surface area contributed by atoms with Crippen LogP contribution in [0.3, 0.4) is 0 Å². The maximum Gasteiger partial charge on any atom is 0.270 e. The zero-order chi connectivity index (χ0) is 12.5. The van der Waals surface area contributed by atoms with E-state index in [1.54, 1.807) is 0 Å². The Kier molecular flexibility index (Phi) is 2.12. The fraction of sp³-hybridized carbons (Fsp3) is 0.800. The molecular formula is C10H14N4O2S2. The molecule has 4 atom stereocenters. The van der Waals surface area contributed by atoms with Gasteiger partial charge in [-0.05, 0) is 42.9 Å². The lowest BCUT2D eigenvalue weighted by atomic mass is 10.0. The van der Waals surface area contributed by atoms with E-state index in [1.807, 2.05) is 0 Å². The molecule has 3 aliphatic carbocycles. The first-order chi connectivity index (χ1) is 8.56. The lowest BCUT2D eigenvalue weighted by molar-refractivity contribution is 0.456. The van der Waals surface area contributed by atoms with E-state index in [0.29, 0.717) is 11.8 Å². The Labute approximate surface area is 109 Å². The normalized spacial score (nSPS) is 41.0. The summed E-state index contributed by atoms with van der Waals surface area (Å²) in [4.78, 5) is 0. The van der Waals surface area contributed by atoms with Crippen LogP contribution in [-0.2, 0) is 10.0 Å². The predicted molar refractivity (Wildman–Crippen MR) is 66.2 cm³/mol. The third-order valence-electron chi connectivity index (χ3n) is 4.68. The van der Waals surface area contributed by atoms with Crippen molar-refractivity contribution < 1.29 is 8.42 Å². The van der Waals surface area contributed by atoms with Crippen LogP contribution >= 0.6 is 11.3 Å². The molecule has 8 heteroatoms. The number of anilines is 1. The molecule has 1 aromatic rings. The Morgan fingerprint density at radius 1 is 1.22 bits per heavy atom. The summed E-state index contributed by atoms with van der Waals surface area (Å²) in [6.07, 6.45) is 3.85. The average molecular weight is 286 g/mol. The van der Waals surface area contributed by atoms with E-state index in [-0.39, 0.29) is 15.5 Å². The van der Waals surface area contributed by atoms with Crippen molar-refractivity contribution in [1.29, 1.82) is 0 Å². The van der Waals surface area contributed by atoms with Crippen LogP contribution in [0.1, 0.15) is 19.3 Å². The van der Waals surface area contributed by atoms with Crippen LogP contribution in [0, 0.1) is 23.7 Å². The minimum Gasteiger partial charge on any atom is -0.374 e. The minimum absolute atomic E-state index is 0.0164. The number of rotatable bonds is 3. The third kappa shape index (κ3) is 1.45. The molecule has 1 heterocycles. The lowest BCUT2D eigenvalue weighted by Crippen LogP contribution is -2.30. The summed E-state index contributed by atoms with van der Waals surface area (Å²) in [6.45, 7) is 0. The van der Waals surface area contributed by atoms with Crippen LogP contribution in [0.4, 0.5) is 5.13 Å². The topological polar surface area (TPSA) is 98.0 Å². The monoisotopic (exact) mass is 286 g/mol. The van der Waals surface area contributed by atoms with Crippen LogP contribution in [-0.4, -0.2) is 24.7 Å². The summed E-state index contributed by atoms with van der Waals surface area (Å²) in [5.74, 6) is 2.63. The SMILES string of the molecule is Nc1nnc(S(=O)(=O)NC2C3C4CCC(C4)C23)s1. The van der Waals surface area contributed by atoms with Crippen LogP contribution < -0.4 is 10.5 Å². The van der Waals surface area contributed by atoms with Crippen molar-refractivity contribution in [3.8, 4) is 0 Å². The summed E-state index contributed by atoms with van der Waals surface area (Å²) in [6, 6.07) is 0.131. The van der Waals surface area contributed by atoms with Gasteiger partial charge < -0.3 is 5.73 Å². The van der Waals surface area contributed by atoms with Crippen molar-refractivity contribution >= 4 is 26.5 Å². The molecule has 4 unspecified atom stereocenters. The van der Waals surface area contributed by atoms with Gasteiger partial charge in [-0.15, -0.1) is 10.2 Å². The molecule has 3 saturated carbocycles. The summed E-state index contributed by atoms with van der Waals surface area (Å²) < 4.78 is 27.0. The van der Waals surface area contributed by atoms with E-state index < -0.39 is 10.0 Å². The third-order valence-corrected chi connectivity index (χ3v) is 7.26. The highest BCUT2D eigenvalue weighted by atomic mass is 32.2. The molecule has 0 radical (unpaired) electrons. The molecule has 18 heavy (non-hydrogen) atoms. The fourth-order valence-corrected chi connectivity index (χ4v) is 6.14. The van der Waals surface area contributed by atoms with Crippen LogP contribution in [0.15, 0.2) is 4.34 Å². The predicted octanol–water partition coefficient (Wildman–Crippen LogP) is 0.443. The Bertz CT molecular complexity index is 583. The molecule has 0 saturated heterocycles. The van der Waals surface area contributed by atoms with Gasteiger partial charge in [-0.25, -0.2) is 13.1 Å². The highest BCUT2D eigenvalue weighted by Crippen LogP contribution is 2.65. The zero-order valence-electron chi connectivity index (χ0n) is 9.61. The highest BCUT2D eigenvalue weighted by molar-refractivity contribution is 7.91. The van der Waals surface area contributed by atoms with Gasteiger partial charge in [0.1, 0.15) is 0 Å². The Hall–Kier alpha value is -0.730. The summed E-state index contributed by atoms with van der Waals surface area (Å²) >= 11 is 0.915. The maximum absolute atomic E-state index is 12.1. The van der Waals surface area contributed by atoms with Gasteiger partial charge in [-0.1, -0.05) is 11.3 Å². The summed E-state index contributed by atoms with van der Waals surface area (Å²) in [5.41, 5.74) is 5.42. The Morgan fingerprint density at radius 2 is 1.89 bits per heavy atom. The van der Waals surface area contributed by atoms with Crippen LogP contribution in [0.25, 0.3) is 0 Å². The molecule has 3 N–H and O–H groups in total. The van der Waals surface area contributed by atoms with Gasteiger partial charge in [-0.2, -0.15) is 0 Å². The molecule has 3 fully saturated rings. The molecule has 0 aromatic carbocycles. The van der Waals surface area contributed by atoms with Crippen LogP contribution in [0.5, 0.6) is 0 Å². The molecule has 2 bridgehead atoms. The van der Waals surface area contributed by atoms with Crippen LogP contribution in [0.2, 0.25) is 0 Å². The van der Waals surface area contributed by atoms with E-state index in [9.17, 15) is 8.42 Å². The second kappa shape index (κ2) is 3.43. The number of aromatic nitrogens is 2. The number of nitrogens with one attached hydrogen (secondary N) is 1. The zero-order valence-corrected chi connectivity index (χ0v) is 11.2. The number of nitrogen functional groups attached to an aromatic ring is 1. The number of hydrogen-bond acceptors (Lipinski definition) is 6. The maximum atomic E-state index is 12.1. The van der Waals surface area contributed by atoms with Gasteiger partial charge in [0.2, 0.25) is 9.47 Å². The van der Waals surface area contributed by atoms with E-state index in [0.717, 1.165) is 23.2 Å². The number of nitrogens with two attached hydrogens (primary N) is 1. The number of hydrogen-bond donors (Lipinski definition) is 2. The summed E-state index contributed by atoms with van der Waals surface area (Å²) in [7, 11) is -3.52. The van der Waals surface area contributed by atoms with E-state index >= 15 is 0 Å². The smallest absolute Gasteiger partial charge is 0.270 e. The van der Waals surface area contributed by atoms with Gasteiger partial charge in [0.25, 0.3) is 10.0 Å². The van der Waals surface area contributed by atoms with Crippen molar-refractivity contribution in [2.45, 2.75) is 29.6 Å². The number of fused-ring (bicyclic) bond motifs is 5. The molecule has 6 nitrogen and oxygen atoms in total. The highest BCUT2D eigenvalue weighted by Gasteiger charge is 2.65. The van der Waals surface area contributed by atoms with Crippen molar-refractivity contribution in [2.75, 3.05) is 5.73 Å². The Balaban J connectivity index is 1.53. The van der Waals surface area contributed by atoms with Gasteiger partial charge in [0.15, 0.2) is 0 Å². The first-order valence-electron chi connectivity index (χ1n) is 6.17. The van der Waals surface area contributed by atoms with E-state index in [2.05, 4.69) is 14.9 Å². The first kappa shape index (κ1) is 11.1. The average Bonchev–Trinajstić information content (AvgIpc) is 2.78. The lowest BCUT2D eigenvalue weighted by Gasteiger charge is -2.09. The van der Waals surface area contributed by atoms with E-state index in [4.69, 9.17) is 5.73 Å². The Morgan fingerprint density at radius 3 is 2.44 bits per heavy atom. The molecule has 3 aliphatic rings. The number of sulfonamides is 1. The van der Waals surface area contributed by atoms with Crippen molar-refractivity contribution in [2.24, 2.45) is 23.7 Å². The largest absolute Gasteiger partial charge is 0.374 e. The van der Waals surface area contributed by atoms with Gasteiger partial charge in [0.05, 0.1) is 0 Å². The van der Waals surface area contributed by atoms with Crippen molar-refractivity contribution in [1.82, 2.24) is 14.9 Å². The van der Waals surface area contributed by atoms with Crippen molar-refractivity contribution in [3.05, 3.63) is 0 Å².